The molecule has 2 N–H and O–H groups in total. The van der Waals surface area contributed by atoms with Crippen molar-refractivity contribution < 1.29 is 33.3 Å². The Morgan fingerprint density at radius 2 is 1.97 bits per heavy atom. The fourth-order valence-corrected chi connectivity index (χ4v) is 7.37. The SMILES string of the molecule is COCC(=O)[C@@]1(O)[C@H](C)CC2C3C[C@H](F)C4=CC(=O)C=CC4(C)[C@@]3(F)C(O)C[C@@]21C. The molecule has 3 fully saturated rings. The fourth-order valence-electron chi connectivity index (χ4n) is 7.37. The number of halogens is 2. The van der Waals surface area contributed by atoms with Crippen molar-refractivity contribution in [3.63, 3.8) is 0 Å². The van der Waals surface area contributed by atoms with Gasteiger partial charge in [-0.25, -0.2) is 8.78 Å². The number of fused-ring (bicyclic) bond motifs is 5. The van der Waals surface area contributed by atoms with Gasteiger partial charge in [-0.1, -0.05) is 19.9 Å². The Balaban J connectivity index is 1.84. The first-order chi connectivity index (χ1) is 13.9. The Hall–Kier alpha value is -1.44. The number of hydrogen-bond donors (Lipinski definition) is 2. The standard InChI is InChI=1S/C23H30F2O5/c1-12-7-14-15-9-17(24)16-8-13(26)5-6-20(16,2)22(15,25)18(27)10-21(14,3)23(12,29)19(28)11-30-4/h5-6,8,12,14-15,17-18,27,29H,7,9-11H2,1-4H3/t12-,14?,15?,17+,18?,20?,21+,22+,23+/m1/s1. The summed E-state index contributed by atoms with van der Waals surface area (Å²) in [7, 11) is 1.36. The molecule has 0 spiro atoms. The molecule has 5 nitrogen and oxygen atoms in total. The third kappa shape index (κ3) is 2.32. The number of rotatable bonds is 3. The topological polar surface area (TPSA) is 83.8 Å². The molecule has 30 heavy (non-hydrogen) atoms. The maximum absolute atomic E-state index is 17.0. The molecular formula is C23H30F2O5. The van der Waals surface area contributed by atoms with Crippen LogP contribution < -0.4 is 0 Å². The van der Waals surface area contributed by atoms with Crippen molar-refractivity contribution in [2.24, 2.45) is 28.6 Å². The minimum Gasteiger partial charge on any atom is -0.390 e. The van der Waals surface area contributed by atoms with Crippen molar-refractivity contribution in [2.45, 2.75) is 63.6 Å². The number of carbonyl (C=O) groups is 2. The summed E-state index contributed by atoms with van der Waals surface area (Å²) in [5.74, 6) is -2.79. The van der Waals surface area contributed by atoms with Gasteiger partial charge in [0.05, 0.1) is 6.10 Å². The van der Waals surface area contributed by atoms with Crippen LogP contribution in [-0.4, -0.2) is 59.0 Å². The Bertz CT molecular complexity index is 855. The van der Waals surface area contributed by atoms with Gasteiger partial charge < -0.3 is 14.9 Å². The number of methoxy groups -OCH3 is 1. The third-order valence-electron chi connectivity index (χ3n) is 8.91. The van der Waals surface area contributed by atoms with E-state index in [4.69, 9.17) is 4.74 Å². The normalized spacial score (nSPS) is 52.3. The van der Waals surface area contributed by atoms with Gasteiger partial charge in [0.1, 0.15) is 18.4 Å². The maximum Gasteiger partial charge on any atom is 0.190 e. The molecular weight excluding hydrogens is 394 g/mol. The van der Waals surface area contributed by atoms with E-state index in [1.54, 1.807) is 13.8 Å². The highest BCUT2D eigenvalue weighted by Crippen LogP contribution is 2.70. The number of hydrogen-bond acceptors (Lipinski definition) is 5. The molecule has 0 aliphatic heterocycles. The highest BCUT2D eigenvalue weighted by molar-refractivity contribution is 6.01. The summed E-state index contributed by atoms with van der Waals surface area (Å²) in [6.07, 6.45) is 0.710. The molecule has 7 heteroatoms. The summed E-state index contributed by atoms with van der Waals surface area (Å²) in [5, 5.41) is 22.7. The molecule has 0 aromatic heterocycles. The van der Waals surface area contributed by atoms with Crippen molar-refractivity contribution in [3.8, 4) is 0 Å². The molecule has 0 bridgehead atoms. The van der Waals surface area contributed by atoms with Crippen molar-refractivity contribution in [2.75, 3.05) is 13.7 Å². The lowest BCUT2D eigenvalue weighted by atomic mass is 9.44. The molecule has 4 aliphatic rings. The number of aliphatic hydroxyl groups excluding tert-OH is 1. The van der Waals surface area contributed by atoms with E-state index in [-0.39, 0.29) is 25.0 Å². The molecule has 4 rings (SSSR count). The maximum atomic E-state index is 17.0. The number of Topliss-reactive ketones (excluding diaryl/α,β-unsaturated/α-hetero) is 1. The Morgan fingerprint density at radius 3 is 2.60 bits per heavy atom. The first-order valence-electron chi connectivity index (χ1n) is 10.6. The monoisotopic (exact) mass is 424 g/mol. The van der Waals surface area contributed by atoms with E-state index in [9.17, 15) is 19.8 Å². The number of aliphatic hydroxyl groups is 2. The fraction of sp³-hybridized carbons (Fsp3) is 0.739. The van der Waals surface area contributed by atoms with E-state index in [0.717, 1.165) is 6.08 Å². The summed E-state index contributed by atoms with van der Waals surface area (Å²) in [6, 6.07) is 0. The summed E-state index contributed by atoms with van der Waals surface area (Å²) < 4.78 is 37.2. The lowest BCUT2D eigenvalue weighted by Crippen LogP contribution is -2.70. The molecule has 3 saturated carbocycles. The largest absolute Gasteiger partial charge is 0.390 e. The number of ether oxygens (including phenoxy) is 1. The smallest absolute Gasteiger partial charge is 0.190 e. The van der Waals surface area contributed by atoms with Crippen LogP contribution in [0.5, 0.6) is 0 Å². The van der Waals surface area contributed by atoms with Crippen LogP contribution >= 0.6 is 0 Å². The lowest BCUT2D eigenvalue weighted by molar-refractivity contribution is -0.224. The minimum absolute atomic E-state index is 0.0631. The van der Waals surface area contributed by atoms with E-state index in [1.807, 2.05) is 0 Å². The quantitative estimate of drug-likeness (QED) is 0.727. The van der Waals surface area contributed by atoms with E-state index in [1.165, 1.54) is 26.2 Å². The van der Waals surface area contributed by atoms with Crippen LogP contribution in [0.4, 0.5) is 8.78 Å². The van der Waals surface area contributed by atoms with Crippen molar-refractivity contribution in [1.29, 1.82) is 0 Å². The molecule has 0 saturated heterocycles. The highest BCUT2D eigenvalue weighted by atomic mass is 19.1. The first-order valence-corrected chi connectivity index (χ1v) is 10.6. The average Bonchev–Trinajstić information content (AvgIpc) is 2.88. The van der Waals surface area contributed by atoms with Gasteiger partial charge in [0, 0.05) is 23.9 Å². The third-order valence-corrected chi connectivity index (χ3v) is 8.91. The van der Waals surface area contributed by atoms with Crippen LogP contribution in [0.2, 0.25) is 0 Å². The predicted octanol–water partition coefficient (Wildman–Crippen LogP) is 2.50. The van der Waals surface area contributed by atoms with Gasteiger partial charge in [-0.05, 0) is 55.7 Å². The summed E-state index contributed by atoms with van der Waals surface area (Å²) in [6.45, 7) is 4.70. The minimum atomic E-state index is -2.21. The molecule has 0 amide bonds. The van der Waals surface area contributed by atoms with Crippen molar-refractivity contribution >= 4 is 11.6 Å². The van der Waals surface area contributed by atoms with Gasteiger partial charge in [0.2, 0.25) is 0 Å². The van der Waals surface area contributed by atoms with Gasteiger partial charge in [-0.2, -0.15) is 0 Å². The second kappa shape index (κ2) is 6.53. The zero-order valence-electron chi connectivity index (χ0n) is 17.8. The van der Waals surface area contributed by atoms with Crippen molar-refractivity contribution in [3.05, 3.63) is 23.8 Å². The number of alkyl halides is 2. The van der Waals surface area contributed by atoms with Crippen LogP contribution in [0.25, 0.3) is 0 Å². The zero-order chi connectivity index (χ0) is 22.3. The highest BCUT2D eigenvalue weighted by Gasteiger charge is 2.76. The van der Waals surface area contributed by atoms with Crippen LogP contribution in [0.15, 0.2) is 23.8 Å². The number of carbonyl (C=O) groups excluding carboxylic acids is 2. The number of ketones is 2. The lowest BCUT2D eigenvalue weighted by Gasteiger charge is -2.63. The van der Waals surface area contributed by atoms with E-state index >= 15 is 8.78 Å². The Labute approximate surface area is 175 Å². The molecule has 0 heterocycles. The van der Waals surface area contributed by atoms with E-state index < -0.39 is 63.7 Å². The van der Waals surface area contributed by atoms with Crippen LogP contribution in [-0.2, 0) is 14.3 Å². The van der Waals surface area contributed by atoms with Crippen LogP contribution in [0, 0.1) is 28.6 Å². The van der Waals surface area contributed by atoms with Crippen LogP contribution in [0.3, 0.4) is 0 Å². The van der Waals surface area contributed by atoms with Crippen molar-refractivity contribution in [1.82, 2.24) is 0 Å². The van der Waals surface area contributed by atoms with E-state index in [2.05, 4.69) is 0 Å². The predicted molar refractivity (Wildman–Crippen MR) is 105 cm³/mol. The molecule has 0 radical (unpaired) electrons. The molecule has 4 aliphatic carbocycles. The molecule has 4 unspecified atom stereocenters. The first kappa shape index (κ1) is 21.8. The zero-order valence-corrected chi connectivity index (χ0v) is 17.8. The van der Waals surface area contributed by atoms with Gasteiger partial charge in [0.15, 0.2) is 17.2 Å². The summed E-state index contributed by atoms with van der Waals surface area (Å²) in [5.41, 5.74) is -6.53. The Kier molecular flexibility index (Phi) is 4.74. The summed E-state index contributed by atoms with van der Waals surface area (Å²) in [4.78, 5) is 24.7. The van der Waals surface area contributed by atoms with Gasteiger partial charge in [-0.3, -0.25) is 9.59 Å². The molecule has 0 aromatic rings. The molecule has 9 atom stereocenters. The molecule has 166 valence electrons. The van der Waals surface area contributed by atoms with Gasteiger partial charge in [0.25, 0.3) is 0 Å². The molecule has 0 aromatic carbocycles. The Morgan fingerprint density at radius 1 is 1.30 bits per heavy atom. The number of allylic oxidation sites excluding steroid dienone is 4. The second-order valence-corrected chi connectivity index (χ2v) is 10.1. The second-order valence-electron chi connectivity index (χ2n) is 10.1. The summed E-state index contributed by atoms with van der Waals surface area (Å²) >= 11 is 0. The van der Waals surface area contributed by atoms with Gasteiger partial charge in [-0.15, -0.1) is 0 Å². The van der Waals surface area contributed by atoms with E-state index in [0.29, 0.717) is 6.42 Å². The average molecular weight is 424 g/mol. The van der Waals surface area contributed by atoms with Gasteiger partial charge >= 0.3 is 0 Å². The van der Waals surface area contributed by atoms with Crippen LogP contribution in [0.1, 0.15) is 40.0 Å².